The third-order valence-corrected chi connectivity index (χ3v) is 4.67. The number of anilines is 1. The molecule has 114 valence electrons. The molecule has 1 aliphatic carbocycles. The van der Waals surface area contributed by atoms with Crippen molar-refractivity contribution in [2.24, 2.45) is 5.41 Å². The number of amides is 1. The normalized spacial score (nSPS) is 16.7. The first-order valence-electron chi connectivity index (χ1n) is 7.55. The number of aryl methyl sites for hydroxylation is 2. The van der Waals surface area contributed by atoms with Gasteiger partial charge in [0.2, 0.25) is 5.91 Å². The minimum atomic E-state index is -1.01. The first-order chi connectivity index (χ1) is 9.89. The Labute approximate surface area is 125 Å². The van der Waals surface area contributed by atoms with E-state index in [-0.39, 0.29) is 16.9 Å². The Hall–Kier alpha value is -1.84. The highest BCUT2D eigenvalue weighted by Gasteiger charge is 2.39. The second kappa shape index (κ2) is 5.88. The zero-order chi connectivity index (χ0) is 15.6. The van der Waals surface area contributed by atoms with Crippen LogP contribution in [0.15, 0.2) is 12.1 Å². The van der Waals surface area contributed by atoms with Crippen molar-refractivity contribution in [1.29, 1.82) is 0 Å². The van der Waals surface area contributed by atoms with Crippen LogP contribution in [0.3, 0.4) is 0 Å². The van der Waals surface area contributed by atoms with E-state index in [0.29, 0.717) is 5.69 Å². The summed E-state index contributed by atoms with van der Waals surface area (Å²) in [4.78, 5) is 24.1. The van der Waals surface area contributed by atoms with Gasteiger partial charge >= 0.3 is 5.97 Å². The summed E-state index contributed by atoms with van der Waals surface area (Å²) in [6.07, 6.45) is 4.72. The van der Waals surface area contributed by atoms with Gasteiger partial charge in [0.15, 0.2) is 0 Å². The first kappa shape index (κ1) is 15.5. The molecule has 0 atom stereocenters. The summed E-state index contributed by atoms with van der Waals surface area (Å²) in [6, 6.07) is 3.51. The van der Waals surface area contributed by atoms with E-state index in [0.717, 1.165) is 43.2 Å². The molecular weight excluding hydrogens is 266 g/mol. The van der Waals surface area contributed by atoms with Gasteiger partial charge in [0.05, 0.1) is 11.3 Å². The maximum Gasteiger partial charge on any atom is 0.337 e. The number of aromatic carboxylic acids is 1. The van der Waals surface area contributed by atoms with Gasteiger partial charge < -0.3 is 10.4 Å². The van der Waals surface area contributed by atoms with Crippen LogP contribution >= 0.6 is 0 Å². The number of carbonyl (C=O) groups excluding carboxylic acids is 1. The molecule has 0 radical (unpaired) electrons. The van der Waals surface area contributed by atoms with Crippen molar-refractivity contribution >= 4 is 17.6 Å². The van der Waals surface area contributed by atoms with Crippen LogP contribution in [0.2, 0.25) is 0 Å². The predicted molar refractivity (Wildman–Crippen MR) is 82.7 cm³/mol. The highest BCUT2D eigenvalue weighted by Crippen LogP contribution is 2.42. The zero-order valence-electron chi connectivity index (χ0n) is 13.0. The molecule has 0 saturated heterocycles. The first-order valence-corrected chi connectivity index (χ1v) is 7.55. The van der Waals surface area contributed by atoms with E-state index in [2.05, 4.69) is 5.32 Å². The summed E-state index contributed by atoms with van der Waals surface area (Å²) >= 11 is 0. The average Bonchev–Trinajstić information content (AvgIpc) is 2.91. The summed E-state index contributed by atoms with van der Waals surface area (Å²) < 4.78 is 0. The molecular formula is C17H23NO3. The Bertz CT molecular complexity index is 572. The summed E-state index contributed by atoms with van der Waals surface area (Å²) in [6.45, 7) is 5.73. The Morgan fingerprint density at radius 3 is 2.38 bits per heavy atom. The van der Waals surface area contributed by atoms with Gasteiger partial charge in [0, 0.05) is 5.41 Å². The second-order valence-corrected chi connectivity index (χ2v) is 6.10. The van der Waals surface area contributed by atoms with Crippen LogP contribution in [-0.2, 0) is 4.79 Å². The lowest BCUT2D eigenvalue weighted by molar-refractivity contribution is -0.125. The van der Waals surface area contributed by atoms with Crippen molar-refractivity contribution in [3.05, 3.63) is 28.8 Å². The molecule has 0 aromatic heterocycles. The molecule has 0 bridgehead atoms. The highest BCUT2D eigenvalue weighted by molar-refractivity contribution is 6.03. The molecule has 1 saturated carbocycles. The average molecular weight is 289 g/mol. The Balaban J connectivity index is 2.35. The Kier molecular flexibility index (Phi) is 4.35. The quantitative estimate of drug-likeness (QED) is 0.883. The maximum absolute atomic E-state index is 12.7. The predicted octanol–water partition coefficient (Wildman–Crippen LogP) is 3.91. The number of hydrogen-bond donors (Lipinski definition) is 2. The summed E-state index contributed by atoms with van der Waals surface area (Å²) in [7, 11) is 0. The van der Waals surface area contributed by atoms with Gasteiger partial charge in [0.25, 0.3) is 0 Å². The number of benzene rings is 1. The number of nitrogens with one attached hydrogen (secondary N) is 1. The molecule has 0 unspecified atom stereocenters. The monoisotopic (exact) mass is 289 g/mol. The minimum Gasteiger partial charge on any atom is -0.478 e. The van der Waals surface area contributed by atoms with Crippen LogP contribution in [0.1, 0.15) is 60.5 Å². The van der Waals surface area contributed by atoms with Crippen LogP contribution in [0, 0.1) is 19.3 Å². The van der Waals surface area contributed by atoms with E-state index in [1.54, 1.807) is 6.07 Å². The number of rotatable bonds is 4. The van der Waals surface area contributed by atoms with Gasteiger partial charge in [-0.3, -0.25) is 4.79 Å². The molecule has 2 rings (SSSR count). The molecule has 4 nitrogen and oxygen atoms in total. The van der Waals surface area contributed by atoms with Crippen LogP contribution in [0.4, 0.5) is 5.69 Å². The molecule has 1 aromatic carbocycles. The molecule has 1 amide bonds. The van der Waals surface area contributed by atoms with Crippen molar-refractivity contribution in [1.82, 2.24) is 0 Å². The van der Waals surface area contributed by atoms with Gasteiger partial charge in [-0.15, -0.1) is 0 Å². The van der Waals surface area contributed by atoms with Crippen LogP contribution in [0.25, 0.3) is 0 Å². The SMILES string of the molecule is CCC1(C(=O)Nc2c(C)cc(C)cc2C(=O)O)CCCC1. The molecule has 0 aliphatic heterocycles. The van der Waals surface area contributed by atoms with E-state index in [1.807, 2.05) is 26.8 Å². The fraction of sp³-hybridized carbons (Fsp3) is 0.529. The lowest BCUT2D eigenvalue weighted by atomic mass is 9.82. The van der Waals surface area contributed by atoms with Crippen LogP contribution < -0.4 is 5.32 Å². The standard InChI is InChI=1S/C17H23NO3/c1-4-17(7-5-6-8-17)16(21)18-14-12(3)9-11(2)10-13(14)15(19)20/h9-10H,4-8H2,1-3H3,(H,18,21)(H,19,20). The van der Waals surface area contributed by atoms with Gasteiger partial charge in [-0.2, -0.15) is 0 Å². The van der Waals surface area contributed by atoms with Crippen molar-refractivity contribution in [3.8, 4) is 0 Å². The van der Waals surface area contributed by atoms with Gasteiger partial charge in [-0.05, 0) is 50.3 Å². The maximum atomic E-state index is 12.7. The van der Waals surface area contributed by atoms with E-state index >= 15 is 0 Å². The minimum absolute atomic E-state index is 0.0306. The number of carboxylic acid groups (broad SMARTS) is 1. The molecule has 4 heteroatoms. The van der Waals surface area contributed by atoms with Crippen molar-refractivity contribution in [2.75, 3.05) is 5.32 Å². The number of carboxylic acids is 1. The zero-order valence-corrected chi connectivity index (χ0v) is 13.0. The number of carbonyl (C=O) groups is 2. The molecule has 1 aromatic rings. The summed E-state index contributed by atoms with van der Waals surface area (Å²) in [5, 5.41) is 12.3. The molecule has 21 heavy (non-hydrogen) atoms. The molecule has 1 aliphatic rings. The van der Waals surface area contributed by atoms with E-state index in [9.17, 15) is 14.7 Å². The van der Waals surface area contributed by atoms with E-state index in [1.165, 1.54) is 0 Å². The molecule has 0 heterocycles. The van der Waals surface area contributed by atoms with Crippen molar-refractivity contribution < 1.29 is 14.7 Å². The fourth-order valence-electron chi connectivity index (χ4n) is 3.34. The third kappa shape index (κ3) is 2.94. The largest absolute Gasteiger partial charge is 0.478 e. The van der Waals surface area contributed by atoms with Crippen LogP contribution in [-0.4, -0.2) is 17.0 Å². The van der Waals surface area contributed by atoms with Gasteiger partial charge in [-0.1, -0.05) is 25.8 Å². The lowest BCUT2D eigenvalue weighted by Crippen LogP contribution is -2.34. The summed E-state index contributed by atoms with van der Waals surface area (Å²) in [5.41, 5.74) is 1.97. The van der Waals surface area contributed by atoms with Crippen LogP contribution in [0.5, 0.6) is 0 Å². The topological polar surface area (TPSA) is 66.4 Å². The third-order valence-electron chi connectivity index (χ3n) is 4.67. The van der Waals surface area contributed by atoms with Crippen molar-refractivity contribution in [2.45, 2.75) is 52.9 Å². The molecule has 0 spiro atoms. The van der Waals surface area contributed by atoms with E-state index < -0.39 is 5.97 Å². The Morgan fingerprint density at radius 1 is 1.24 bits per heavy atom. The highest BCUT2D eigenvalue weighted by atomic mass is 16.4. The second-order valence-electron chi connectivity index (χ2n) is 6.10. The van der Waals surface area contributed by atoms with E-state index in [4.69, 9.17) is 0 Å². The fourth-order valence-corrected chi connectivity index (χ4v) is 3.34. The lowest BCUT2D eigenvalue weighted by Gasteiger charge is -2.27. The van der Waals surface area contributed by atoms with Crippen molar-refractivity contribution in [3.63, 3.8) is 0 Å². The Morgan fingerprint density at radius 2 is 1.86 bits per heavy atom. The summed E-state index contributed by atoms with van der Waals surface area (Å²) in [5.74, 6) is -1.04. The smallest absolute Gasteiger partial charge is 0.337 e. The number of hydrogen-bond acceptors (Lipinski definition) is 2. The van der Waals surface area contributed by atoms with Gasteiger partial charge in [0.1, 0.15) is 0 Å². The molecule has 1 fully saturated rings. The van der Waals surface area contributed by atoms with Gasteiger partial charge in [-0.25, -0.2) is 4.79 Å². The molecule has 2 N–H and O–H groups in total.